The lowest BCUT2D eigenvalue weighted by Gasteiger charge is -2.15. The minimum atomic E-state index is -1.08. The van der Waals surface area contributed by atoms with E-state index in [0.29, 0.717) is 46.1 Å². The third-order valence-electron chi connectivity index (χ3n) is 5.13. The molecule has 0 aromatic heterocycles. The van der Waals surface area contributed by atoms with Gasteiger partial charge in [0.15, 0.2) is 5.78 Å². The summed E-state index contributed by atoms with van der Waals surface area (Å²) in [7, 11) is 0. The van der Waals surface area contributed by atoms with Gasteiger partial charge in [-0.15, -0.1) is 0 Å². The van der Waals surface area contributed by atoms with Gasteiger partial charge in [-0.3, -0.25) is 24.0 Å². The van der Waals surface area contributed by atoms with Crippen LogP contribution in [-0.4, -0.2) is 124 Å². The van der Waals surface area contributed by atoms with E-state index in [4.69, 9.17) is 24.1 Å². The van der Waals surface area contributed by atoms with Gasteiger partial charge in [0.1, 0.15) is 5.78 Å². The number of nitrogens with one attached hydrogen (secondary N) is 3. The average molecular weight is 594 g/mol. The van der Waals surface area contributed by atoms with E-state index in [0.717, 1.165) is 11.8 Å². The molecule has 0 rings (SSSR count). The second-order valence-corrected chi connectivity index (χ2v) is 9.60. The first-order valence-corrected chi connectivity index (χ1v) is 14.2. The maximum Gasteiger partial charge on any atom is 0.305 e. The van der Waals surface area contributed by atoms with E-state index in [2.05, 4.69) is 16.0 Å². The molecule has 3 amide bonds. The fourth-order valence-electron chi connectivity index (χ4n) is 2.97. The topological polar surface area (TPSA) is 196 Å². The minimum Gasteiger partial charge on any atom is -0.481 e. The molecule has 0 aromatic rings. The zero-order valence-corrected chi connectivity index (χ0v) is 24.3. The Morgan fingerprint density at radius 2 is 1.30 bits per heavy atom. The van der Waals surface area contributed by atoms with Crippen molar-refractivity contribution in [2.45, 2.75) is 50.8 Å². The van der Waals surface area contributed by atoms with Crippen LogP contribution in [0, 0.1) is 0 Å². The number of thioether (sulfide) groups is 1. The number of carbonyl (C=O) groups excluding carboxylic acids is 5. The number of carboxylic acid groups (broad SMARTS) is 1. The van der Waals surface area contributed by atoms with E-state index in [1.165, 1.54) is 13.8 Å². The molecule has 4 N–H and O–H groups in total. The summed E-state index contributed by atoms with van der Waals surface area (Å²) in [6.07, 6.45) is 1.93. The monoisotopic (exact) mass is 593 g/mol. The lowest BCUT2D eigenvalue weighted by molar-refractivity contribution is -0.138. The molecular formula is C25H43N3O11S. The molecule has 0 aliphatic heterocycles. The molecule has 0 bridgehead atoms. The number of carbonyl (C=O) groups is 6. The largest absolute Gasteiger partial charge is 0.481 e. The second kappa shape index (κ2) is 24.2. The molecule has 0 spiro atoms. The van der Waals surface area contributed by atoms with E-state index in [9.17, 15) is 28.8 Å². The Morgan fingerprint density at radius 3 is 1.80 bits per heavy atom. The van der Waals surface area contributed by atoms with Gasteiger partial charge < -0.3 is 44.8 Å². The highest BCUT2D eigenvalue weighted by atomic mass is 32.2. The fraction of sp³-hybridized carbons (Fsp3) is 0.760. The highest BCUT2D eigenvalue weighted by Gasteiger charge is 2.21. The van der Waals surface area contributed by atoms with E-state index >= 15 is 0 Å². The molecule has 0 aliphatic rings. The molecule has 2 atom stereocenters. The third-order valence-corrected chi connectivity index (χ3v) is 6.08. The molecule has 230 valence electrons. The van der Waals surface area contributed by atoms with Gasteiger partial charge in [0.25, 0.3) is 0 Å². The molecule has 0 aromatic carbocycles. The predicted octanol–water partition coefficient (Wildman–Crippen LogP) is -0.675. The molecule has 15 heteroatoms. The van der Waals surface area contributed by atoms with Crippen LogP contribution >= 0.6 is 11.8 Å². The number of Topliss-reactive ketones (excluding diaryl/α,β-unsaturated/α-hetero) is 2. The second-order valence-electron chi connectivity index (χ2n) is 8.56. The lowest BCUT2D eigenvalue weighted by Crippen LogP contribution is -2.41. The zero-order valence-electron chi connectivity index (χ0n) is 23.5. The van der Waals surface area contributed by atoms with Gasteiger partial charge in [0.05, 0.1) is 77.1 Å². The van der Waals surface area contributed by atoms with Gasteiger partial charge >= 0.3 is 5.97 Å². The average Bonchev–Trinajstić information content (AvgIpc) is 2.89. The van der Waals surface area contributed by atoms with Crippen molar-refractivity contribution in [3.63, 3.8) is 0 Å². The standard InChI is InChI=1S/C25H43N3O11S/c1-18(29)4-5-20(19(2)30)28-22(31)6-8-36-10-12-38-14-15-39-13-11-37-9-7-26-23(32)17-27-25(35)21(40-3)16-24(33)34/h20-21H,4-17H2,1-3H3,(H,26,32)(H,27,35)(H,28,31)(H,33,34)/t20-,21?/m0/s1. The van der Waals surface area contributed by atoms with E-state index in [-0.39, 0.29) is 63.0 Å². The first-order chi connectivity index (χ1) is 19.1. The number of carboxylic acids is 1. The molecule has 0 saturated carbocycles. The number of amides is 3. The molecule has 0 fully saturated rings. The molecule has 40 heavy (non-hydrogen) atoms. The highest BCUT2D eigenvalue weighted by Crippen LogP contribution is 2.10. The van der Waals surface area contributed by atoms with Crippen molar-refractivity contribution in [2.75, 3.05) is 72.2 Å². The number of ketones is 2. The van der Waals surface area contributed by atoms with Crippen LogP contribution < -0.4 is 16.0 Å². The van der Waals surface area contributed by atoms with Crippen LogP contribution in [0.4, 0.5) is 0 Å². The molecule has 0 radical (unpaired) electrons. The summed E-state index contributed by atoms with van der Waals surface area (Å²) in [4.78, 5) is 68.9. The highest BCUT2D eigenvalue weighted by molar-refractivity contribution is 7.99. The van der Waals surface area contributed by atoms with Gasteiger partial charge in [0, 0.05) is 19.4 Å². The summed E-state index contributed by atoms with van der Waals surface area (Å²) in [6, 6.07) is -0.663. The molecule has 0 heterocycles. The van der Waals surface area contributed by atoms with Gasteiger partial charge in [-0.1, -0.05) is 0 Å². The van der Waals surface area contributed by atoms with Crippen molar-refractivity contribution >= 4 is 47.0 Å². The predicted molar refractivity (Wildman–Crippen MR) is 146 cm³/mol. The Morgan fingerprint density at radius 1 is 0.750 bits per heavy atom. The van der Waals surface area contributed by atoms with Crippen molar-refractivity contribution in [1.82, 2.24) is 16.0 Å². The SMILES string of the molecule is CSC(CC(=O)O)C(=O)NCC(=O)NCCOCCOCCOCCOCCC(=O)N[C@@H](CCC(C)=O)C(C)=O. The Kier molecular flexibility index (Phi) is 22.7. The lowest BCUT2D eigenvalue weighted by atomic mass is 10.1. The zero-order chi connectivity index (χ0) is 30.2. The first-order valence-electron chi connectivity index (χ1n) is 13.0. The van der Waals surface area contributed by atoms with Crippen LogP contribution in [0.15, 0.2) is 0 Å². The van der Waals surface area contributed by atoms with Crippen LogP contribution in [0.1, 0.15) is 39.5 Å². The quantitative estimate of drug-likeness (QED) is 0.0925. The van der Waals surface area contributed by atoms with Gasteiger partial charge in [-0.05, 0) is 26.5 Å². The number of rotatable bonds is 26. The maximum atomic E-state index is 11.9. The van der Waals surface area contributed by atoms with Gasteiger partial charge in [0.2, 0.25) is 17.7 Å². The van der Waals surface area contributed by atoms with Crippen LogP contribution in [0.5, 0.6) is 0 Å². The van der Waals surface area contributed by atoms with E-state index in [1.54, 1.807) is 6.26 Å². The minimum absolute atomic E-state index is 0.0372. The summed E-state index contributed by atoms with van der Waals surface area (Å²) in [5.41, 5.74) is 0. The van der Waals surface area contributed by atoms with E-state index in [1.807, 2.05) is 0 Å². The number of hydrogen-bond acceptors (Lipinski definition) is 11. The smallest absolute Gasteiger partial charge is 0.305 e. The van der Waals surface area contributed by atoms with Crippen LogP contribution in [-0.2, 0) is 47.7 Å². The Balaban J connectivity index is 3.57. The van der Waals surface area contributed by atoms with Gasteiger partial charge in [-0.25, -0.2) is 0 Å². The Hall–Kier alpha value is -2.59. The number of ether oxygens (including phenoxy) is 4. The fourth-order valence-corrected chi connectivity index (χ4v) is 3.57. The molecule has 1 unspecified atom stereocenters. The van der Waals surface area contributed by atoms with Crippen molar-refractivity contribution in [2.24, 2.45) is 0 Å². The van der Waals surface area contributed by atoms with Crippen molar-refractivity contribution in [1.29, 1.82) is 0 Å². The first kappa shape index (κ1) is 37.4. The Bertz CT molecular complexity index is 798. The molecule has 0 aliphatic carbocycles. The van der Waals surface area contributed by atoms with Crippen LogP contribution in [0.3, 0.4) is 0 Å². The molecule has 0 saturated heterocycles. The maximum absolute atomic E-state index is 11.9. The number of hydrogen-bond donors (Lipinski definition) is 4. The van der Waals surface area contributed by atoms with E-state index < -0.39 is 29.1 Å². The normalized spacial score (nSPS) is 12.3. The van der Waals surface area contributed by atoms with Crippen molar-refractivity contribution in [3.8, 4) is 0 Å². The molecular weight excluding hydrogens is 550 g/mol. The van der Waals surface area contributed by atoms with Crippen molar-refractivity contribution < 1.29 is 52.8 Å². The Labute approximate surface area is 238 Å². The summed E-state index contributed by atoms with van der Waals surface area (Å²) in [5.74, 6) is -2.54. The molecule has 14 nitrogen and oxygen atoms in total. The summed E-state index contributed by atoms with van der Waals surface area (Å²) in [6.45, 7) is 5.25. The van der Waals surface area contributed by atoms with Crippen LogP contribution in [0.25, 0.3) is 0 Å². The summed E-state index contributed by atoms with van der Waals surface area (Å²) in [5, 5.41) is 15.6. The van der Waals surface area contributed by atoms with Gasteiger partial charge in [-0.2, -0.15) is 11.8 Å². The number of aliphatic carboxylic acids is 1. The summed E-state index contributed by atoms with van der Waals surface area (Å²) >= 11 is 1.10. The third kappa shape index (κ3) is 22.2. The summed E-state index contributed by atoms with van der Waals surface area (Å²) < 4.78 is 21.4. The van der Waals surface area contributed by atoms with Crippen LogP contribution in [0.2, 0.25) is 0 Å². The van der Waals surface area contributed by atoms with Crippen molar-refractivity contribution in [3.05, 3.63) is 0 Å².